The third kappa shape index (κ3) is 3.86. The number of aromatic nitrogens is 2. The predicted octanol–water partition coefficient (Wildman–Crippen LogP) is 3.44. The van der Waals surface area contributed by atoms with Crippen molar-refractivity contribution in [2.75, 3.05) is 26.7 Å². The van der Waals surface area contributed by atoms with E-state index in [-0.39, 0.29) is 23.2 Å². The van der Waals surface area contributed by atoms with Gasteiger partial charge in [-0.15, -0.1) is 0 Å². The van der Waals surface area contributed by atoms with E-state index in [2.05, 4.69) is 15.2 Å². The second-order valence-electron chi connectivity index (χ2n) is 6.85. The van der Waals surface area contributed by atoms with Crippen LogP contribution in [0.15, 0.2) is 48.7 Å². The minimum Gasteiger partial charge on any atom is -0.373 e. The third-order valence-corrected chi connectivity index (χ3v) is 5.40. The average Bonchev–Trinajstić information content (AvgIpc) is 3.02. The molecule has 0 bridgehead atoms. The van der Waals surface area contributed by atoms with E-state index in [0.29, 0.717) is 29.5 Å². The normalized spacial score (nSPS) is 18.9. The van der Waals surface area contributed by atoms with Crippen LogP contribution >= 0.6 is 23.2 Å². The number of rotatable bonds is 4. The Balaban J connectivity index is 1.67. The summed E-state index contributed by atoms with van der Waals surface area (Å²) >= 11 is 12.3. The zero-order chi connectivity index (χ0) is 19.7. The summed E-state index contributed by atoms with van der Waals surface area (Å²) in [6.45, 7) is 2.17. The molecule has 2 atom stereocenters. The summed E-state index contributed by atoms with van der Waals surface area (Å²) in [5.41, 5.74) is 1.85. The molecule has 0 saturated carbocycles. The highest BCUT2D eigenvalue weighted by Gasteiger charge is 2.31. The van der Waals surface area contributed by atoms with Crippen LogP contribution < -0.4 is 5.32 Å². The van der Waals surface area contributed by atoms with Gasteiger partial charge < -0.3 is 15.0 Å². The number of morpholine rings is 1. The van der Waals surface area contributed by atoms with Crippen LogP contribution in [0.2, 0.25) is 10.2 Å². The van der Waals surface area contributed by atoms with Crippen molar-refractivity contribution >= 4 is 34.8 Å². The SMILES string of the molecule is CN1CCO[C@H]([C@H](NC(=O)c2c(Cl)nc3ccccn23)c2ccc(Cl)cc2)C1. The molecule has 1 aromatic carbocycles. The van der Waals surface area contributed by atoms with E-state index >= 15 is 0 Å². The van der Waals surface area contributed by atoms with Gasteiger partial charge in [0.2, 0.25) is 0 Å². The van der Waals surface area contributed by atoms with Crippen molar-refractivity contribution in [2.45, 2.75) is 12.1 Å². The number of imidazole rings is 1. The fourth-order valence-corrected chi connectivity index (χ4v) is 3.84. The van der Waals surface area contributed by atoms with Crippen LogP contribution in [0.25, 0.3) is 5.65 Å². The first-order chi connectivity index (χ1) is 13.5. The third-order valence-electron chi connectivity index (χ3n) is 4.89. The summed E-state index contributed by atoms with van der Waals surface area (Å²) in [5, 5.41) is 3.91. The van der Waals surface area contributed by atoms with Crippen molar-refractivity contribution in [3.8, 4) is 0 Å². The van der Waals surface area contributed by atoms with Crippen molar-refractivity contribution in [2.24, 2.45) is 0 Å². The summed E-state index contributed by atoms with van der Waals surface area (Å²) in [5.74, 6) is -0.305. The maximum Gasteiger partial charge on any atom is 0.272 e. The van der Waals surface area contributed by atoms with E-state index in [0.717, 1.165) is 12.1 Å². The van der Waals surface area contributed by atoms with Crippen molar-refractivity contribution in [3.05, 3.63) is 70.1 Å². The van der Waals surface area contributed by atoms with Gasteiger partial charge in [-0.3, -0.25) is 9.20 Å². The van der Waals surface area contributed by atoms with E-state index in [4.69, 9.17) is 27.9 Å². The monoisotopic (exact) mass is 418 g/mol. The zero-order valence-corrected chi connectivity index (χ0v) is 16.8. The Morgan fingerprint density at radius 2 is 2.04 bits per heavy atom. The highest BCUT2D eigenvalue weighted by molar-refractivity contribution is 6.32. The second-order valence-corrected chi connectivity index (χ2v) is 7.65. The molecule has 1 aliphatic rings. The van der Waals surface area contributed by atoms with Gasteiger partial charge >= 0.3 is 0 Å². The van der Waals surface area contributed by atoms with E-state index in [1.54, 1.807) is 16.7 Å². The van der Waals surface area contributed by atoms with Crippen LogP contribution in [0.1, 0.15) is 22.1 Å². The van der Waals surface area contributed by atoms with E-state index in [1.807, 2.05) is 43.4 Å². The predicted molar refractivity (Wildman–Crippen MR) is 109 cm³/mol. The van der Waals surface area contributed by atoms with Crippen molar-refractivity contribution in [1.29, 1.82) is 0 Å². The highest BCUT2D eigenvalue weighted by Crippen LogP contribution is 2.25. The Bertz CT molecular complexity index is 990. The Morgan fingerprint density at radius 1 is 1.25 bits per heavy atom. The number of ether oxygens (including phenoxy) is 1. The van der Waals surface area contributed by atoms with Crippen LogP contribution in [0.3, 0.4) is 0 Å². The van der Waals surface area contributed by atoms with Crippen LogP contribution in [0, 0.1) is 0 Å². The fourth-order valence-electron chi connectivity index (χ4n) is 3.45. The minimum atomic E-state index is -0.349. The molecule has 1 amide bonds. The zero-order valence-electron chi connectivity index (χ0n) is 15.3. The van der Waals surface area contributed by atoms with E-state index in [9.17, 15) is 4.79 Å². The first-order valence-corrected chi connectivity index (χ1v) is 9.77. The summed E-state index contributed by atoms with van der Waals surface area (Å²) in [7, 11) is 2.04. The molecule has 0 aliphatic carbocycles. The summed E-state index contributed by atoms with van der Waals surface area (Å²) in [6, 6.07) is 12.6. The maximum absolute atomic E-state index is 13.2. The minimum absolute atomic E-state index is 0.167. The molecular formula is C20H20Cl2N4O2. The molecule has 1 saturated heterocycles. The first kappa shape index (κ1) is 19.2. The molecule has 28 heavy (non-hydrogen) atoms. The molecule has 6 nitrogen and oxygen atoms in total. The quantitative estimate of drug-likeness (QED) is 0.704. The van der Waals surface area contributed by atoms with Crippen LogP contribution in [-0.4, -0.2) is 53.0 Å². The van der Waals surface area contributed by atoms with Gasteiger partial charge in [-0.2, -0.15) is 0 Å². The van der Waals surface area contributed by atoms with Gasteiger partial charge in [-0.25, -0.2) is 4.98 Å². The average molecular weight is 419 g/mol. The van der Waals surface area contributed by atoms with Crippen LogP contribution in [0.5, 0.6) is 0 Å². The Labute approximate surface area is 173 Å². The van der Waals surface area contributed by atoms with E-state index < -0.39 is 0 Å². The smallest absolute Gasteiger partial charge is 0.272 e. The molecule has 0 spiro atoms. The molecule has 0 unspecified atom stereocenters. The molecule has 8 heteroatoms. The summed E-state index contributed by atoms with van der Waals surface area (Å²) in [4.78, 5) is 19.6. The lowest BCUT2D eigenvalue weighted by atomic mass is 9.99. The number of hydrogen-bond acceptors (Lipinski definition) is 4. The van der Waals surface area contributed by atoms with Gasteiger partial charge in [0.05, 0.1) is 18.8 Å². The Kier molecular flexibility index (Phi) is 5.55. The largest absolute Gasteiger partial charge is 0.373 e. The number of likely N-dealkylation sites (N-methyl/N-ethyl adjacent to an activating group) is 1. The molecule has 1 aliphatic heterocycles. The van der Waals surface area contributed by atoms with Crippen LogP contribution in [0.4, 0.5) is 0 Å². The van der Waals surface area contributed by atoms with Crippen molar-refractivity contribution in [1.82, 2.24) is 19.6 Å². The van der Waals surface area contributed by atoms with E-state index in [1.165, 1.54) is 0 Å². The molecule has 1 N–H and O–H groups in total. The molecule has 3 aromatic rings. The number of nitrogens with one attached hydrogen (secondary N) is 1. The van der Waals surface area contributed by atoms with Crippen molar-refractivity contribution < 1.29 is 9.53 Å². The first-order valence-electron chi connectivity index (χ1n) is 9.02. The standard InChI is InChI=1S/C20H20Cl2N4O2/c1-25-10-11-28-15(12-25)17(13-5-7-14(21)8-6-13)24-20(27)18-19(22)23-16-4-2-3-9-26(16)18/h2-9,15,17H,10-12H2,1H3,(H,24,27)/t15-,17+/m0/s1. The van der Waals surface area contributed by atoms with Gasteiger partial charge in [0, 0.05) is 24.3 Å². The number of fused-ring (bicyclic) bond motifs is 1. The Hall–Kier alpha value is -2.12. The van der Waals surface area contributed by atoms with Crippen LogP contribution in [-0.2, 0) is 4.74 Å². The molecule has 1 fully saturated rings. The maximum atomic E-state index is 13.2. The number of halogens is 2. The number of carbonyl (C=O) groups is 1. The number of hydrogen-bond donors (Lipinski definition) is 1. The second kappa shape index (κ2) is 8.09. The van der Waals surface area contributed by atoms with Crippen molar-refractivity contribution in [3.63, 3.8) is 0 Å². The molecule has 0 radical (unpaired) electrons. The number of nitrogens with zero attached hydrogens (tertiary/aromatic N) is 3. The van der Waals surface area contributed by atoms with Gasteiger partial charge in [0.15, 0.2) is 10.8 Å². The summed E-state index contributed by atoms with van der Waals surface area (Å²) in [6.07, 6.45) is 1.58. The fraction of sp³-hybridized carbons (Fsp3) is 0.300. The Morgan fingerprint density at radius 3 is 2.79 bits per heavy atom. The number of pyridine rings is 1. The number of benzene rings is 1. The summed E-state index contributed by atoms with van der Waals surface area (Å²) < 4.78 is 7.67. The van der Waals surface area contributed by atoms with Gasteiger partial charge in [0.1, 0.15) is 5.65 Å². The topological polar surface area (TPSA) is 58.9 Å². The van der Waals surface area contributed by atoms with Gasteiger partial charge in [-0.1, -0.05) is 41.4 Å². The molecule has 2 aromatic heterocycles. The molecule has 146 valence electrons. The molecular weight excluding hydrogens is 399 g/mol. The van der Waals surface area contributed by atoms with Gasteiger partial charge in [0.25, 0.3) is 5.91 Å². The molecule has 3 heterocycles. The lowest BCUT2D eigenvalue weighted by Gasteiger charge is -2.35. The molecule has 4 rings (SSSR count). The van der Waals surface area contributed by atoms with Gasteiger partial charge in [-0.05, 0) is 36.9 Å². The number of amides is 1. The highest BCUT2D eigenvalue weighted by atomic mass is 35.5. The lowest BCUT2D eigenvalue weighted by molar-refractivity contribution is -0.0381. The number of carbonyl (C=O) groups excluding carboxylic acids is 1. The lowest BCUT2D eigenvalue weighted by Crippen LogP contribution is -2.48.